The van der Waals surface area contributed by atoms with Crippen molar-refractivity contribution in [1.82, 2.24) is 4.90 Å². The number of rotatable bonds is 4. The number of hydrogen-bond donors (Lipinski definition) is 2. The highest BCUT2D eigenvalue weighted by molar-refractivity contribution is 4.78. The Labute approximate surface area is 85.5 Å². The summed E-state index contributed by atoms with van der Waals surface area (Å²) in [5.74, 6) is 0.380. The summed E-state index contributed by atoms with van der Waals surface area (Å²) in [5.41, 5.74) is 0. The molecular formula is C10H21NO3. The average Bonchev–Trinajstić information content (AvgIpc) is 2.12. The fourth-order valence-electron chi connectivity index (χ4n) is 1.82. The molecule has 0 aromatic rings. The standard InChI is InChI=1S/C10H21NO3/c1-8-3-4-11(6-10(8)13)5-9(12)7-14-2/h8-10,12-13H,3-7H2,1-2H3. The second-order valence-electron chi connectivity index (χ2n) is 4.20. The number of methoxy groups -OCH3 is 1. The van der Waals surface area contributed by atoms with Crippen molar-refractivity contribution >= 4 is 0 Å². The Morgan fingerprint density at radius 1 is 1.57 bits per heavy atom. The van der Waals surface area contributed by atoms with Crippen molar-refractivity contribution in [2.45, 2.75) is 25.6 Å². The number of nitrogens with zero attached hydrogens (tertiary/aromatic N) is 1. The Morgan fingerprint density at radius 2 is 2.29 bits per heavy atom. The molecule has 4 nitrogen and oxygen atoms in total. The van der Waals surface area contributed by atoms with E-state index in [9.17, 15) is 10.2 Å². The first-order valence-electron chi connectivity index (χ1n) is 5.21. The molecule has 84 valence electrons. The molecule has 0 spiro atoms. The van der Waals surface area contributed by atoms with Crippen LogP contribution in [0.25, 0.3) is 0 Å². The van der Waals surface area contributed by atoms with Gasteiger partial charge < -0.3 is 14.9 Å². The minimum Gasteiger partial charge on any atom is -0.392 e. The molecule has 4 heteroatoms. The molecule has 1 fully saturated rings. The predicted octanol–water partition coefficient (Wildman–Crippen LogP) is -0.304. The molecule has 3 atom stereocenters. The van der Waals surface area contributed by atoms with Gasteiger partial charge in [-0.2, -0.15) is 0 Å². The van der Waals surface area contributed by atoms with Gasteiger partial charge in [-0.05, 0) is 18.9 Å². The van der Waals surface area contributed by atoms with E-state index >= 15 is 0 Å². The molecule has 0 aromatic carbocycles. The van der Waals surface area contributed by atoms with Gasteiger partial charge in [0, 0.05) is 20.2 Å². The number of ether oxygens (including phenoxy) is 1. The Bertz CT molecular complexity index is 165. The highest BCUT2D eigenvalue weighted by Gasteiger charge is 2.25. The van der Waals surface area contributed by atoms with Crippen molar-refractivity contribution in [2.24, 2.45) is 5.92 Å². The third-order valence-corrected chi connectivity index (χ3v) is 2.83. The van der Waals surface area contributed by atoms with E-state index in [1.165, 1.54) is 0 Å². The van der Waals surface area contributed by atoms with Crippen LogP contribution in [0.5, 0.6) is 0 Å². The molecule has 1 aliphatic rings. The second kappa shape index (κ2) is 5.66. The molecule has 0 aliphatic carbocycles. The minimum atomic E-state index is -0.444. The first kappa shape index (κ1) is 11.9. The van der Waals surface area contributed by atoms with E-state index in [2.05, 4.69) is 11.8 Å². The van der Waals surface area contributed by atoms with Crippen LogP contribution in [0.4, 0.5) is 0 Å². The van der Waals surface area contributed by atoms with Gasteiger partial charge >= 0.3 is 0 Å². The zero-order valence-electron chi connectivity index (χ0n) is 9.02. The number of β-amino-alcohol motifs (C(OH)–C–C–N with tert-alkyl or cyclic N) is 2. The van der Waals surface area contributed by atoms with E-state index in [0.29, 0.717) is 25.6 Å². The number of aliphatic hydroxyl groups excluding tert-OH is 2. The van der Waals surface area contributed by atoms with Gasteiger partial charge in [-0.25, -0.2) is 0 Å². The smallest absolute Gasteiger partial charge is 0.0900 e. The van der Waals surface area contributed by atoms with Crippen LogP contribution in [0, 0.1) is 5.92 Å². The third kappa shape index (κ3) is 3.53. The molecule has 1 heterocycles. The summed E-state index contributed by atoms with van der Waals surface area (Å²) < 4.78 is 4.85. The van der Waals surface area contributed by atoms with Gasteiger partial charge in [0.1, 0.15) is 0 Å². The fraction of sp³-hybridized carbons (Fsp3) is 1.00. The van der Waals surface area contributed by atoms with Crippen LogP contribution in [0.2, 0.25) is 0 Å². The van der Waals surface area contributed by atoms with Gasteiger partial charge in [0.15, 0.2) is 0 Å². The number of piperidine rings is 1. The third-order valence-electron chi connectivity index (χ3n) is 2.83. The first-order valence-corrected chi connectivity index (χ1v) is 5.21. The van der Waals surface area contributed by atoms with Gasteiger partial charge in [0.25, 0.3) is 0 Å². The van der Waals surface area contributed by atoms with Crippen molar-refractivity contribution in [3.05, 3.63) is 0 Å². The van der Waals surface area contributed by atoms with Gasteiger partial charge in [-0.1, -0.05) is 6.92 Å². The van der Waals surface area contributed by atoms with Crippen LogP contribution in [0.15, 0.2) is 0 Å². The average molecular weight is 203 g/mol. The van der Waals surface area contributed by atoms with Crippen LogP contribution in [0.3, 0.4) is 0 Å². The number of hydrogen-bond acceptors (Lipinski definition) is 4. The number of aliphatic hydroxyl groups is 2. The summed E-state index contributed by atoms with van der Waals surface area (Å²) in [7, 11) is 1.58. The van der Waals surface area contributed by atoms with E-state index in [4.69, 9.17) is 4.74 Å². The molecule has 14 heavy (non-hydrogen) atoms. The normalized spacial score (nSPS) is 31.7. The van der Waals surface area contributed by atoms with E-state index in [1.54, 1.807) is 7.11 Å². The van der Waals surface area contributed by atoms with Crippen LogP contribution in [0.1, 0.15) is 13.3 Å². The lowest BCUT2D eigenvalue weighted by Gasteiger charge is -2.35. The molecule has 0 saturated carbocycles. The molecule has 0 bridgehead atoms. The fourth-order valence-corrected chi connectivity index (χ4v) is 1.82. The maximum absolute atomic E-state index is 9.64. The summed E-state index contributed by atoms with van der Waals surface area (Å²) >= 11 is 0. The van der Waals surface area contributed by atoms with Crippen LogP contribution >= 0.6 is 0 Å². The Hall–Kier alpha value is -0.160. The largest absolute Gasteiger partial charge is 0.392 e. The van der Waals surface area contributed by atoms with Crippen LogP contribution in [-0.2, 0) is 4.74 Å². The molecule has 1 saturated heterocycles. The molecule has 1 rings (SSSR count). The van der Waals surface area contributed by atoms with Gasteiger partial charge in [0.2, 0.25) is 0 Å². The lowest BCUT2D eigenvalue weighted by atomic mass is 9.96. The van der Waals surface area contributed by atoms with Crippen molar-refractivity contribution in [1.29, 1.82) is 0 Å². The first-order chi connectivity index (χ1) is 6.63. The topological polar surface area (TPSA) is 52.9 Å². The highest BCUT2D eigenvalue weighted by Crippen LogP contribution is 2.16. The van der Waals surface area contributed by atoms with Crippen molar-refractivity contribution in [3.8, 4) is 0 Å². The predicted molar refractivity (Wildman–Crippen MR) is 54.1 cm³/mol. The number of likely N-dealkylation sites (tertiary alicyclic amines) is 1. The zero-order valence-corrected chi connectivity index (χ0v) is 9.02. The lowest BCUT2D eigenvalue weighted by molar-refractivity contribution is -0.00866. The van der Waals surface area contributed by atoms with Gasteiger partial charge in [0.05, 0.1) is 18.8 Å². The summed E-state index contributed by atoms with van der Waals surface area (Å²) in [6, 6.07) is 0. The lowest BCUT2D eigenvalue weighted by Crippen LogP contribution is -2.46. The monoisotopic (exact) mass is 203 g/mol. The van der Waals surface area contributed by atoms with Crippen LogP contribution < -0.4 is 0 Å². The zero-order chi connectivity index (χ0) is 10.6. The Kier molecular flexibility index (Phi) is 4.81. The molecular weight excluding hydrogens is 182 g/mol. The van der Waals surface area contributed by atoms with E-state index in [0.717, 1.165) is 13.0 Å². The molecule has 1 aliphatic heterocycles. The Balaban J connectivity index is 2.25. The van der Waals surface area contributed by atoms with Crippen molar-refractivity contribution in [2.75, 3.05) is 33.4 Å². The van der Waals surface area contributed by atoms with E-state index in [1.807, 2.05) is 0 Å². The maximum atomic E-state index is 9.64. The SMILES string of the molecule is COCC(O)CN1CCC(C)C(O)C1. The molecule has 0 amide bonds. The van der Waals surface area contributed by atoms with E-state index in [-0.39, 0.29) is 6.10 Å². The van der Waals surface area contributed by atoms with Gasteiger partial charge in [-0.3, -0.25) is 4.90 Å². The minimum absolute atomic E-state index is 0.251. The summed E-state index contributed by atoms with van der Waals surface area (Å²) in [4.78, 5) is 2.09. The Morgan fingerprint density at radius 3 is 2.86 bits per heavy atom. The summed E-state index contributed by atoms with van der Waals surface area (Å²) in [6.07, 6.45) is 0.306. The molecule has 3 unspecified atom stereocenters. The van der Waals surface area contributed by atoms with Crippen molar-refractivity contribution < 1.29 is 14.9 Å². The van der Waals surface area contributed by atoms with Gasteiger partial charge in [-0.15, -0.1) is 0 Å². The summed E-state index contributed by atoms with van der Waals surface area (Å²) in [5, 5.41) is 19.1. The van der Waals surface area contributed by atoms with E-state index < -0.39 is 6.10 Å². The molecule has 2 N–H and O–H groups in total. The van der Waals surface area contributed by atoms with Crippen molar-refractivity contribution in [3.63, 3.8) is 0 Å². The maximum Gasteiger partial charge on any atom is 0.0900 e. The summed E-state index contributed by atoms with van der Waals surface area (Å²) in [6.45, 7) is 4.65. The molecule has 0 aromatic heterocycles. The molecule has 0 radical (unpaired) electrons. The highest BCUT2D eigenvalue weighted by atomic mass is 16.5. The van der Waals surface area contributed by atoms with Crippen LogP contribution in [-0.4, -0.2) is 60.7 Å². The quantitative estimate of drug-likeness (QED) is 0.658. The second-order valence-corrected chi connectivity index (χ2v) is 4.20.